The zero-order valence-electron chi connectivity index (χ0n) is 15.1. The number of methoxy groups -OCH3 is 1. The highest BCUT2D eigenvalue weighted by atomic mass is 32.1. The molecule has 0 fully saturated rings. The maximum absolute atomic E-state index is 12.5. The van der Waals surface area contributed by atoms with E-state index in [9.17, 15) is 14.4 Å². The Balaban J connectivity index is 1.95. The van der Waals surface area contributed by atoms with E-state index in [0.717, 1.165) is 0 Å². The number of nitrogens with one attached hydrogen (secondary N) is 1. The van der Waals surface area contributed by atoms with Crippen molar-refractivity contribution >= 4 is 34.3 Å². The lowest BCUT2D eigenvalue weighted by atomic mass is 10.3. The van der Waals surface area contributed by atoms with E-state index in [1.807, 2.05) is 0 Å². The summed E-state index contributed by atoms with van der Waals surface area (Å²) < 4.78 is 14.9. The summed E-state index contributed by atoms with van der Waals surface area (Å²) in [5, 5.41) is 4.64. The van der Waals surface area contributed by atoms with Crippen LogP contribution in [0.15, 0.2) is 28.2 Å². The summed E-state index contributed by atoms with van der Waals surface area (Å²) in [6, 6.07) is 3.15. The fourth-order valence-electron chi connectivity index (χ4n) is 2.13. The maximum atomic E-state index is 12.5. The van der Waals surface area contributed by atoms with Crippen LogP contribution in [0.2, 0.25) is 0 Å². The van der Waals surface area contributed by atoms with Gasteiger partial charge in [0.1, 0.15) is 6.54 Å². The first-order valence-corrected chi connectivity index (χ1v) is 9.13. The van der Waals surface area contributed by atoms with Crippen LogP contribution in [0.4, 0.5) is 5.13 Å². The Hall–Kier alpha value is -2.72. The summed E-state index contributed by atoms with van der Waals surface area (Å²) in [4.78, 5) is 41.7. The number of hydrogen-bond donors (Lipinski definition) is 1. The highest BCUT2D eigenvalue weighted by Gasteiger charge is 2.20. The van der Waals surface area contributed by atoms with Gasteiger partial charge in [0, 0.05) is 19.0 Å². The number of anilines is 1. The van der Waals surface area contributed by atoms with Gasteiger partial charge in [-0.05, 0) is 19.1 Å². The Morgan fingerprint density at radius 2 is 2.19 bits per heavy atom. The summed E-state index contributed by atoms with van der Waals surface area (Å²) in [6.45, 7) is 2.36. The van der Waals surface area contributed by atoms with E-state index >= 15 is 0 Å². The van der Waals surface area contributed by atoms with Crippen molar-refractivity contribution in [3.63, 3.8) is 0 Å². The van der Waals surface area contributed by atoms with Crippen molar-refractivity contribution in [1.29, 1.82) is 0 Å². The molecule has 0 aliphatic carbocycles. The molecule has 0 aliphatic heterocycles. The van der Waals surface area contributed by atoms with Crippen molar-refractivity contribution in [2.75, 3.05) is 38.7 Å². The second kappa shape index (κ2) is 10.4. The van der Waals surface area contributed by atoms with E-state index in [1.165, 1.54) is 35.7 Å². The number of thiazole rings is 1. The van der Waals surface area contributed by atoms with Crippen molar-refractivity contribution in [3.05, 3.63) is 35.2 Å². The van der Waals surface area contributed by atoms with Crippen LogP contribution in [-0.2, 0) is 25.5 Å². The Morgan fingerprint density at radius 3 is 2.85 bits per heavy atom. The van der Waals surface area contributed by atoms with Crippen molar-refractivity contribution in [2.45, 2.75) is 13.3 Å². The molecular formula is C17H21N3O6S. The number of amides is 2. The lowest BCUT2D eigenvalue weighted by Crippen LogP contribution is -2.39. The van der Waals surface area contributed by atoms with E-state index in [-0.39, 0.29) is 37.8 Å². The molecule has 0 bridgehead atoms. The van der Waals surface area contributed by atoms with E-state index in [0.29, 0.717) is 17.4 Å². The van der Waals surface area contributed by atoms with Crippen molar-refractivity contribution in [3.8, 4) is 0 Å². The van der Waals surface area contributed by atoms with E-state index < -0.39 is 11.9 Å². The van der Waals surface area contributed by atoms with Gasteiger partial charge in [0.15, 0.2) is 10.9 Å². The van der Waals surface area contributed by atoms with Crippen molar-refractivity contribution in [2.24, 2.45) is 0 Å². The van der Waals surface area contributed by atoms with Gasteiger partial charge in [-0.25, -0.2) is 4.98 Å². The molecule has 10 heteroatoms. The third-order valence-corrected chi connectivity index (χ3v) is 4.20. The molecule has 146 valence electrons. The molecule has 27 heavy (non-hydrogen) atoms. The molecule has 0 saturated heterocycles. The van der Waals surface area contributed by atoms with Gasteiger partial charge in [-0.15, -0.1) is 11.3 Å². The lowest BCUT2D eigenvalue weighted by Gasteiger charge is -2.21. The minimum absolute atomic E-state index is 0.00373. The number of ether oxygens (including phenoxy) is 2. The molecule has 2 amide bonds. The highest BCUT2D eigenvalue weighted by Crippen LogP contribution is 2.17. The van der Waals surface area contributed by atoms with Gasteiger partial charge >= 0.3 is 5.97 Å². The van der Waals surface area contributed by atoms with Crippen LogP contribution in [-0.4, -0.2) is 61.1 Å². The third kappa shape index (κ3) is 6.50. The largest absolute Gasteiger partial charge is 0.465 e. The number of carbonyl (C=O) groups excluding carboxylic acids is 3. The standard InChI is InChI=1S/C17H21N3O6S/c1-3-25-15(22)10-20(6-8-24-2)14(21)9-12-11-27-17(18-12)19-16(23)13-5-4-7-26-13/h4-5,7,11H,3,6,8-10H2,1-2H3,(H,18,19,23). The third-order valence-electron chi connectivity index (χ3n) is 3.39. The summed E-state index contributed by atoms with van der Waals surface area (Å²) in [5.74, 6) is -1.01. The van der Waals surface area contributed by atoms with Crippen LogP contribution in [0.5, 0.6) is 0 Å². The summed E-state index contributed by atoms with van der Waals surface area (Å²) >= 11 is 1.20. The zero-order chi connectivity index (χ0) is 19.6. The van der Waals surface area contributed by atoms with Crippen LogP contribution in [0.25, 0.3) is 0 Å². The molecule has 2 rings (SSSR count). The quantitative estimate of drug-likeness (QED) is 0.608. The molecule has 2 aromatic rings. The smallest absolute Gasteiger partial charge is 0.325 e. The molecule has 0 atom stereocenters. The molecule has 2 heterocycles. The van der Waals surface area contributed by atoms with Crippen molar-refractivity contribution in [1.82, 2.24) is 9.88 Å². The minimum atomic E-state index is -0.480. The van der Waals surface area contributed by atoms with Gasteiger partial charge < -0.3 is 18.8 Å². The van der Waals surface area contributed by atoms with Crippen LogP contribution in [0.1, 0.15) is 23.2 Å². The average Bonchev–Trinajstić information content (AvgIpc) is 3.31. The fourth-order valence-corrected chi connectivity index (χ4v) is 2.84. The first kappa shape index (κ1) is 20.6. The van der Waals surface area contributed by atoms with E-state index in [1.54, 1.807) is 18.4 Å². The number of esters is 1. The first-order chi connectivity index (χ1) is 13.0. The molecule has 0 aliphatic rings. The second-order valence-corrected chi connectivity index (χ2v) is 6.22. The van der Waals surface area contributed by atoms with Gasteiger partial charge in [0.2, 0.25) is 5.91 Å². The van der Waals surface area contributed by atoms with Crippen LogP contribution >= 0.6 is 11.3 Å². The molecule has 0 unspecified atom stereocenters. The zero-order valence-corrected chi connectivity index (χ0v) is 15.9. The van der Waals surface area contributed by atoms with Gasteiger partial charge in [-0.2, -0.15) is 0 Å². The van der Waals surface area contributed by atoms with Crippen molar-refractivity contribution < 1.29 is 28.3 Å². The number of carbonyl (C=O) groups is 3. The molecular weight excluding hydrogens is 374 g/mol. The molecule has 0 saturated carbocycles. The maximum Gasteiger partial charge on any atom is 0.325 e. The topological polar surface area (TPSA) is 111 Å². The van der Waals surface area contributed by atoms with Crippen LogP contribution in [0.3, 0.4) is 0 Å². The predicted molar refractivity (Wildman–Crippen MR) is 97.6 cm³/mol. The molecule has 0 spiro atoms. The Labute approximate surface area is 160 Å². The average molecular weight is 395 g/mol. The number of hydrogen-bond acceptors (Lipinski definition) is 8. The Morgan fingerprint density at radius 1 is 1.37 bits per heavy atom. The van der Waals surface area contributed by atoms with Gasteiger partial charge in [0.25, 0.3) is 5.91 Å². The van der Waals surface area contributed by atoms with Crippen LogP contribution < -0.4 is 5.32 Å². The molecule has 1 N–H and O–H groups in total. The number of rotatable bonds is 10. The first-order valence-electron chi connectivity index (χ1n) is 8.25. The summed E-state index contributed by atoms with van der Waals surface area (Å²) in [5.41, 5.74) is 0.492. The number of nitrogens with zero attached hydrogens (tertiary/aromatic N) is 2. The summed E-state index contributed by atoms with van der Waals surface area (Å²) in [7, 11) is 1.52. The highest BCUT2D eigenvalue weighted by molar-refractivity contribution is 7.14. The predicted octanol–water partition coefficient (Wildman–Crippen LogP) is 1.57. The molecule has 9 nitrogen and oxygen atoms in total. The van der Waals surface area contributed by atoms with E-state index in [4.69, 9.17) is 13.9 Å². The van der Waals surface area contributed by atoms with Gasteiger partial charge in [-0.3, -0.25) is 19.7 Å². The minimum Gasteiger partial charge on any atom is -0.465 e. The van der Waals surface area contributed by atoms with Gasteiger partial charge in [0.05, 0.1) is 31.6 Å². The monoisotopic (exact) mass is 395 g/mol. The van der Waals surface area contributed by atoms with Crippen LogP contribution in [0, 0.1) is 0 Å². The van der Waals surface area contributed by atoms with E-state index in [2.05, 4.69) is 10.3 Å². The molecule has 0 aromatic carbocycles. The summed E-state index contributed by atoms with van der Waals surface area (Å²) in [6.07, 6.45) is 1.40. The number of aromatic nitrogens is 1. The molecule has 2 aromatic heterocycles. The second-order valence-electron chi connectivity index (χ2n) is 5.37. The van der Waals surface area contributed by atoms with Gasteiger partial charge in [-0.1, -0.05) is 0 Å². The lowest BCUT2D eigenvalue weighted by molar-refractivity contribution is -0.149. The normalized spacial score (nSPS) is 10.4. The molecule has 0 radical (unpaired) electrons. The SMILES string of the molecule is CCOC(=O)CN(CCOC)C(=O)Cc1csc(NC(=O)c2ccco2)n1. The fraction of sp³-hybridized carbons (Fsp3) is 0.412. The number of furan rings is 1. The Kier molecular flexibility index (Phi) is 7.96. The Bertz CT molecular complexity index is 759.